The molecule has 0 rings (SSSR count). The molecule has 0 saturated carbocycles. The second kappa shape index (κ2) is 70.3. The van der Waals surface area contributed by atoms with Gasteiger partial charge in [-0.25, -0.2) is 0 Å². The van der Waals surface area contributed by atoms with Gasteiger partial charge in [0.05, 0.1) is 0 Å². The third kappa shape index (κ3) is 68.5. The van der Waals surface area contributed by atoms with Gasteiger partial charge in [-0.15, -0.1) is 0 Å². The Bertz CT molecular complexity index is 1700. The van der Waals surface area contributed by atoms with E-state index < -0.39 is 6.10 Å². The summed E-state index contributed by atoms with van der Waals surface area (Å²) in [6, 6.07) is 0. The number of rotatable bonds is 63. The maximum Gasteiger partial charge on any atom is 0.306 e. The van der Waals surface area contributed by atoms with Gasteiger partial charge in [0.25, 0.3) is 0 Å². The highest BCUT2D eigenvalue weighted by Gasteiger charge is 2.19. The van der Waals surface area contributed by atoms with E-state index in [0.29, 0.717) is 19.3 Å². The Hall–Kier alpha value is -4.19. The number of unbranched alkanes of at least 4 members (excludes halogenated alkanes) is 32. The summed E-state index contributed by atoms with van der Waals surface area (Å²) in [5, 5.41) is 0. The maximum atomic E-state index is 13.0. The van der Waals surface area contributed by atoms with Crippen LogP contribution in [0.4, 0.5) is 0 Å². The molecule has 1 unspecified atom stereocenters. The van der Waals surface area contributed by atoms with Gasteiger partial charge in [0.15, 0.2) is 6.10 Å². The lowest BCUT2D eigenvalue weighted by Crippen LogP contribution is -2.30. The Morgan fingerprint density at radius 2 is 0.470 bits per heavy atom. The van der Waals surface area contributed by atoms with Crippen LogP contribution in [0.1, 0.15) is 329 Å². The summed E-state index contributed by atoms with van der Waals surface area (Å²) in [5.41, 5.74) is 0. The van der Waals surface area contributed by atoms with Gasteiger partial charge in [-0.2, -0.15) is 0 Å². The zero-order valence-corrected chi connectivity index (χ0v) is 54.4. The van der Waals surface area contributed by atoms with Crippen molar-refractivity contribution in [1.29, 1.82) is 0 Å². The van der Waals surface area contributed by atoms with Gasteiger partial charge in [-0.1, -0.05) is 303 Å². The molecule has 83 heavy (non-hydrogen) atoms. The highest BCUT2D eigenvalue weighted by molar-refractivity contribution is 5.71. The van der Waals surface area contributed by atoms with Crippen molar-refractivity contribution in [2.45, 2.75) is 335 Å². The van der Waals surface area contributed by atoms with Gasteiger partial charge in [-0.3, -0.25) is 14.4 Å². The molecule has 474 valence electrons. The number of allylic oxidation sites excluding steroid dienone is 20. The summed E-state index contributed by atoms with van der Waals surface area (Å²) in [4.78, 5) is 38.5. The Balaban J connectivity index is 4.39. The number of hydrogen-bond acceptors (Lipinski definition) is 6. The Morgan fingerprint density at radius 3 is 0.735 bits per heavy atom. The smallest absolute Gasteiger partial charge is 0.306 e. The molecule has 6 nitrogen and oxygen atoms in total. The van der Waals surface area contributed by atoms with Crippen molar-refractivity contribution in [3.8, 4) is 0 Å². The van der Waals surface area contributed by atoms with Crippen molar-refractivity contribution in [2.24, 2.45) is 0 Å². The summed E-state index contributed by atoms with van der Waals surface area (Å²) in [6.45, 7) is 6.42. The van der Waals surface area contributed by atoms with Crippen LogP contribution < -0.4 is 0 Å². The zero-order chi connectivity index (χ0) is 59.9. The second-order valence-corrected chi connectivity index (χ2v) is 23.0. The molecule has 0 radical (unpaired) electrons. The van der Waals surface area contributed by atoms with Gasteiger partial charge in [0.1, 0.15) is 13.2 Å². The minimum absolute atomic E-state index is 0.0863. The lowest BCUT2D eigenvalue weighted by Gasteiger charge is -2.18. The Labute approximate surface area is 513 Å². The van der Waals surface area contributed by atoms with Crippen LogP contribution in [-0.2, 0) is 28.6 Å². The van der Waals surface area contributed by atoms with Gasteiger partial charge in [0.2, 0.25) is 0 Å². The van der Waals surface area contributed by atoms with Crippen LogP contribution in [0, 0.1) is 0 Å². The fourth-order valence-corrected chi connectivity index (χ4v) is 9.75. The average molecular weight is 1150 g/mol. The predicted molar refractivity (Wildman–Crippen MR) is 362 cm³/mol. The van der Waals surface area contributed by atoms with Crippen LogP contribution in [0.2, 0.25) is 0 Å². The van der Waals surface area contributed by atoms with E-state index in [0.717, 1.165) is 128 Å². The molecule has 0 heterocycles. The molecule has 0 bridgehead atoms. The number of ether oxygens (including phenoxy) is 3. The molecule has 6 heteroatoms. The first-order valence-electron chi connectivity index (χ1n) is 35.0. The summed E-state index contributed by atoms with van der Waals surface area (Å²) in [5.74, 6) is -0.893. The number of esters is 3. The van der Waals surface area contributed by atoms with E-state index in [4.69, 9.17) is 14.2 Å². The quantitative estimate of drug-likeness (QED) is 0.0261. The van der Waals surface area contributed by atoms with Crippen molar-refractivity contribution < 1.29 is 28.6 Å². The number of carbonyl (C=O) groups is 3. The molecule has 0 amide bonds. The largest absolute Gasteiger partial charge is 0.462 e. The van der Waals surface area contributed by atoms with Gasteiger partial charge in [-0.05, 0) is 128 Å². The number of carbonyl (C=O) groups excluding carboxylic acids is 3. The molecule has 0 N–H and O–H groups in total. The Kier molecular flexibility index (Phi) is 66.7. The van der Waals surface area contributed by atoms with E-state index in [9.17, 15) is 14.4 Å². The summed E-state index contributed by atoms with van der Waals surface area (Å²) >= 11 is 0. The van der Waals surface area contributed by atoms with Crippen molar-refractivity contribution in [2.75, 3.05) is 13.2 Å². The van der Waals surface area contributed by atoms with E-state index in [2.05, 4.69) is 142 Å². The number of hydrogen-bond donors (Lipinski definition) is 0. The zero-order valence-electron chi connectivity index (χ0n) is 54.4. The van der Waals surface area contributed by atoms with E-state index in [1.807, 2.05) is 0 Å². The average Bonchev–Trinajstić information content (AvgIpc) is 3.49. The lowest BCUT2D eigenvalue weighted by molar-refractivity contribution is -0.167. The third-order valence-corrected chi connectivity index (χ3v) is 14.9. The topological polar surface area (TPSA) is 78.9 Å². The fraction of sp³-hybridized carbons (Fsp3) is 0.701. The summed E-state index contributed by atoms with van der Waals surface area (Å²) in [7, 11) is 0. The first kappa shape index (κ1) is 78.8. The lowest BCUT2D eigenvalue weighted by atomic mass is 10.0. The predicted octanol–water partition coefficient (Wildman–Crippen LogP) is 24.3. The normalized spacial score (nSPS) is 12.9. The third-order valence-electron chi connectivity index (χ3n) is 14.9. The minimum Gasteiger partial charge on any atom is -0.462 e. The molecule has 0 aliphatic heterocycles. The first-order valence-corrected chi connectivity index (χ1v) is 35.0. The van der Waals surface area contributed by atoms with Crippen LogP contribution >= 0.6 is 0 Å². The maximum absolute atomic E-state index is 13.0. The molecule has 1 atom stereocenters. The molecule has 0 aliphatic carbocycles. The summed E-state index contributed by atoms with van der Waals surface area (Å²) < 4.78 is 17.0. The molecular formula is C77H130O6. The van der Waals surface area contributed by atoms with Gasteiger partial charge in [0, 0.05) is 19.3 Å². The molecule has 0 saturated heterocycles. The van der Waals surface area contributed by atoms with Crippen molar-refractivity contribution in [3.05, 3.63) is 122 Å². The molecule has 0 aliphatic rings. The molecule has 0 aromatic heterocycles. The monoisotopic (exact) mass is 1150 g/mol. The van der Waals surface area contributed by atoms with Crippen molar-refractivity contribution >= 4 is 17.9 Å². The van der Waals surface area contributed by atoms with Crippen LogP contribution in [0.25, 0.3) is 0 Å². The minimum atomic E-state index is -0.791. The highest BCUT2D eigenvalue weighted by atomic mass is 16.6. The molecular weight excluding hydrogens is 1020 g/mol. The van der Waals surface area contributed by atoms with E-state index in [1.165, 1.54) is 161 Å². The molecule has 0 aromatic carbocycles. The van der Waals surface area contributed by atoms with Crippen molar-refractivity contribution in [3.63, 3.8) is 0 Å². The first-order chi connectivity index (χ1) is 41.0. The molecule has 0 fully saturated rings. The molecule has 0 spiro atoms. The highest BCUT2D eigenvalue weighted by Crippen LogP contribution is 2.17. The van der Waals surface area contributed by atoms with Crippen LogP contribution in [0.3, 0.4) is 0 Å². The SMILES string of the molecule is CC/C=C\C/C=C\C/C=C\C/C=C\C/C=C\CCCCCCCCCCCC(=O)OCC(COC(=O)CCCCCCCCC/C=C\C/C=C\C/C=C\CC)OC(=O)CCCCCCCCCCCCC/C=C\C/C=C\CCCCCCC. The van der Waals surface area contributed by atoms with E-state index >= 15 is 0 Å². The van der Waals surface area contributed by atoms with Crippen molar-refractivity contribution in [1.82, 2.24) is 0 Å². The van der Waals surface area contributed by atoms with Gasteiger partial charge < -0.3 is 14.2 Å². The van der Waals surface area contributed by atoms with Crippen LogP contribution in [-0.4, -0.2) is 37.2 Å². The van der Waals surface area contributed by atoms with Gasteiger partial charge >= 0.3 is 17.9 Å². The van der Waals surface area contributed by atoms with Crippen LogP contribution in [0.15, 0.2) is 122 Å². The second-order valence-electron chi connectivity index (χ2n) is 23.0. The standard InChI is InChI=1S/C77H130O6/c1-4-7-10-13-16-19-22-25-28-31-33-35-37-38-40-41-43-46-49-52-55-58-61-64-67-70-76(79)82-73-74(72-81-75(78)69-66-63-60-57-54-51-48-45-30-27-24-21-18-15-12-9-6-3)83-77(80)71-68-65-62-59-56-53-50-47-44-42-39-36-34-32-29-26-23-20-17-14-11-8-5-2/h7,9-10,12,16,18-19,21,23,25-28,30,32-35,38,40,74H,4-6,8,11,13-15,17,20,22,24,29,31,36-37,39,41-73H2,1-3H3/b10-7-,12-9-,19-16-,21-18-,26-23-,28-25-,30-27-,34-32-,35-33-,40-38-. The van der Waals surface area contributed by atoms with E-state index in [1.54, 1.807) is 0 Å². The Morgan fingerprint density at radius 1 is 0.253 bits per heavy atom. The summed E-state index contributed by atoms with van der Waals surface area (Å²) in [6.07, 6.45) is 97.8. The fourth-order valence-electron chi connectivity index (χ4n) is 9.75. The van der Waals surface area contributed by atoms with E-state index in [-0.39, 0.29) is 31.1 Å². The molecule has 0 aromatic rings. The van der Waals surface area contributed by atoms with Crippen LogP contribution in [0.5, 0.6) is 0 Å².